The minimum absolute atomic E-state index is 0.0604. The number of carbonyl (C=O) groups is 2. The molecule has 0 saturated heterocycles. The van der Waals surface area contributed by atoms with Gasteiger partial charge in [0.25, 0.3) is 0 Å². The fourth-order valence-corrected chi connectivity index (χ4v) is 2.90. The summed E-state index contributed by atoms with van der Waals surface area (Å²) < 4.78 is 0. The van der Waals surface area contributed by atoms with Gasteiger partial charge in [-0.2, -0.15) is 0 Å². The third-order valence-electron chi connectivity index (χ3n) is 3.63. The maximum atomic E-state index is 11.6. The van der Waals surface area contributed by atoms with Crippen LogP contribution in [0, 0.1) is 22.7 Å². The Hall–Kier alpha value is -0.860. The summed E-state index contributed by atoms with van der Waals surface area (Å²) in [5.74, 6) is -1.03. The molecule has 1 unspecified atom stereocenters. The third kappa shape index (κ3) is 4.14. The molecule has 0 saturated carbocycles. The molecule has 100 valence electrons. The lowest BCUT2D eigenvalue weighted by Crippen LogP contribution is -2.39. The Morgan fingerprint density at radius 2 is 1.53 bits per heavy atom. The molecule has 0 bridgehead atoms. The SMILES string of the molecule is CC(=O)C(C)(C)CC(C)(C)C(C(=O)O)C(C)C. The lowest BCUT2D eigenvalue weighted by molar-refractivity contribution is -0.150. The van der Waals surface area contributed by atoms with Crippen LogP contribution in [0.15, 0.2) is 0 Å². The Labute approximate surface area is 105 Å². The molecule has 0 rings (SSSR count). The maximum Gasteiger partial charge on any atom is 0.307 e. The Morgan fingerprint density at radius 3 is 1.76 bits per heavy atom. The van der Waals surface area contributed by atoms with Gasteiger partial charge in [0.05, 0.1) is 5.92 Å². The molecule has 0 amide bonds. The Bertz CT molecular complexity index is 301. The van der Waals surface area contributed by atoms with Gasteiger partial charge in [-0.3, -0.25) is 9.59 Å². The normalized spacial score (nSPS) is 14.8. The molecule has 0 aromatic rings. The summed E-state index contributed by atoms with van der Waals surface area (Å²) in [5.41, 5.74) is -0.860. The van der Waals surface area contributed by atoms with Crippen LogP contribution < -0.4 is 0 Å². The number of Topliss-reactive ketones (excluding diaryl/α,β-unsaturated/α-hetero) is 1. The predicted octanol–water partition coefficient (Wildman–Crippen LogP) is 3.37. The summed E-state index contributed by atoms with van der Waals surface area (Å²) in [6.45, 7) is 13.1. The van der Waals surface area contributed by atoms with E-state index >= 15 is 0 Å². The van der Waals surface area contributed by atoms with Crippen LogP contribution in [0.3, 0.4) is 0 Å². The van der Waals surface area contributed by atoms with Gasteiger partial charge < -0.3 is 5.11 Å². The zero-order valence-electron chi connectivity index (χ0n) is 12.1. The summed E-state index contributed by atoms with van der Waals surface area (Å²) in [5, 5.41) is 9.33. The van der Waals surface area contributed by atoms with Gasteiger partial charge in [-0.15, -0.1) is 0 Å². The number of carboxylic acids is 1. The minimum atomic E-state index is -0.774. The van der Waals surface area contributed by atoms with Crippen LogP contribution in [0.5, 0.6) is 0 Å². The molecule has 1 atom stereocenters. The maximum absolute atomic E-state index is 11.6. The highest BCUT2D eigenvalue weighted by atomic mass is 16.4. The highest BCUT2D eigenvalue weighted by molar-refractivity contribution is 5.81. The fourth-order valence-electron chi connectivity index (χ4n) is 2.90. The summed E-state index contributed by atoms with van der Waals surface area (Å²) in [6, 6.07) is 0. The largest absolute Gasteiger partial charge is 0.481 e. The van der Waals surface area contributed by atoms with Gasteiger partial charge in [0.1, 0.15) is 5.78 Å². The first-order valence-corrected chi connectivity index (χ1v) is 6.15. The molecule has 1 N–H and O–H groups in total. The molecule has 0 radical (unpaired) electrons. The van der Waals surface area contributed by atoms with Crippen molar-refractivity contribution in [2.24, 2.45) is 22.7 Å². The van der Waals surface area contributed by atoms with Crippen molar-refractivity contribution in [2.75, 3.05) is 0 Å². The van der Waals surface area contributed by atoms with Gasteiger partial charge in [-0.1, -0.05) is 41.5 Å². The van der Waals surface area contributed by atoms with Crippen molar-refractivity contribution in [1.29, 1.82) is 0 Å². The van der Waals surface area contributed by atoms with Crippen molar-refractivity contribution in [3.8, 4) is 0 Å². The number of aliphatic carboxylic acids is 1. The molecule has 0 spiro atoms. The van der Waals surface area contributed by atoms with E-state index in [2.05, 4.69) is 0 Å². The average Bonchev–Trinajstić information content (AvgIpc) is 1.97. The topological polar surface area (TPSA) is 54.4 Å². The molecule has 0 aromatic carbocycles. The van der Waals surface area contributed by atoms with Crippen molar-refractivity contribution in [2.45, 2.75) is 54.9 Å². The van der Waals surface area contributed by atoms with E-state index in [4.69, 9.17) is 0 Å². The van der Waals surface area contributed by atoms with E-state index in [-0.39, 0.29) is 11.7 Å². The summed E-state index contributed by atoms with van der Waals surface area (Å²) in [6.07, 6.45) is 0.588. The number of hydrogen-bond acceptors (Lipinski definition) is 2. The zero-order valence-corrected chi connectivity index (χ0v) is 12.1. The lowest BCUT2D eigenvalue weighted by Gasteiger charge is -2.39. The summed E-state index contributed by atoms with van der Waals surface area (Å²) in [7, 11) is 0. The standard InChI is InChI=1S/C14H26O3/c1-9(2)11(12(16)17)14(6,7)8-13(4,5)10(3)15/h9,11H,8H2,1-7H3,(H,16,17). The number of hydrogen-bond donors (Lipinski definition) is 1. The molecule has 0 fully saturated rings. The van der Waals surface area contributed by atoms with Gasteiger partial charge in [-0.05, 0) is 24.7 Å². The second-order valence-corrected chi connectivity index (χ2v) is 6.67. The first kappa shape index (κ1) is 16.1. The van der Waals surface area contributed by atoms with Crippen LogP contribution in [0.4, 0.5) is 0 Å². The molecular weight excluding hydrogens is 216 g/mol. The number of carbonyl (C=O) groups excluding carboxylic acids is 1. The molecular formula is C14H26O3. The van der Waals surface area contributed by atoms with Crippen LogP contribution in [0.1, 0.15) is 54.9 Å². The van der Waals surface area contributed by atoms with Gasteiger partial charge in [0.15, 0.2) is 0 Å². The van der Waals surface area contributed by atoms with Gasteiger partial charge >= 0.3 is 5.97 Å². The van der Waals surface area contributed by atoms with E-state index in [0.29, 0.717) is 6.42 Å². The van der Waals surface area contributed by atoms with E-state index in [0.717, 1.165) is 0 Å². The molecule has 0 aliphatic carbocycles. The van der Waals surface area contributed by atoms with Crippen LogP contribution in [0.2, 0.25) is 0 Å². The van der Waals surface area contributed by atoms with Crippen LogP contribution in [-0.2, 0) is 9.59 Å². The van der Waals surface area contributed by atoms with Gasteiger partial charge in [0, 0.05) is 5.41 Å². The first-order chi connectivity index (χ1) is 7.42. The van der Waals surface area contributed by atoms with Crippen LogP contribution in [0.25, 0.3) is 0 Å². The van der Waals surface area contributed by atoms with E-state index in [1.807, 2.05) is 41.5 Å². The van der Waals surface area contributed by atoms with E-state index in [1.165, 1.54) is 0 Å². The third-order valence-corrected chi connectivity index (χ3v) is 3.63. The molecule has 0 heterocycles. The van der Waals surface area contributed by atoms with Crippen molar-refractivity contribution >= 4 is 11.8 Å². The lowest BCUT2D eigenvalue weighted by atomic mass is 9.64. The number of carboxylic acid groups (broad SMARTS) is 1. The van der Waals surface area contributed by atoms with Crippen molar-refractivity contribution in [3.63, 3.8) is 0 Å². The molecule has 0 aromatic heterocycles. The summed E-state index contributed by atoms with van der Waals surface area (Å²) in [4.78, 5) is 22.9. The second-order valence-electron chi connectivity index (χ2n) is 6.67. The van der Waals surface area contributed by atoms with Crippen molar-refractivity contribution < 1.29 is 14.7 Å². The smallest absolute Gasteiger partial charge is 0.307 e. The first-order valence-electron chi connectivity index (χ1n) is 6.15. The van der Waals surface area contributed by atoms with Gasteiger partial charge in [0.2, 0.25) is 0 Å². The van der Waals surface area contributed by atoms with Crippen molar-refractivity contribution in [3.05, 3.63) is 0 Å². The molecule has 0 aliphatic heterocycles. The fraction of sp³-hybridized carbons (Fsp3) is 0.857. The molecule has 17 heavy (non-hydrogen) atoms. The highest BCUT2D eigenvalue weighted by Gasteiger charge is 2.42. The molecule has 3 heteroatoms. The van der Waals surface area contributed by atoms with Crippen molar-refractivity contribution in [1.82, 2.24) is 0 Å². The Morgan fingerprint density at radius 1 is 1.12 bits per heavy atom. The monoisotopic (exact) mass is 242 g/mol. The zero-order chi connectivity index (χ0) is 14.0. The Kier molecular flexibility index (Phi) is 4.93. The van der Waals surface area contributed by atoms with E-state index in [9.17, 15) is 14.7 Å². The summed E-state index contributed by atoms with van der Waals surface area (Å²) >= 11 is 0. The quantitative estimate of drug-likeness (QED) is 0.777. The Balaban J connectivity index is 5.12. The van der Waals surface area contributed by atoms with E-state index < -0.39 is 22.7 Å². The highest BCUT2D eigenvalue weighted by Crippen LogP contribution is 2.42. The number of ketones is 1. The van der Waals surface area contributed by atoms with E-state index in [1.54, 1.807) is 6.92 Å². The molecule has 3 nitrogen and oxygen atoms in total. The minimum Gasteiger partial charge on any atom is -0.481 e. The van der Waals surface area contributed by atoms with Gasteiger partial charge in [-0.25, -0.2) is 0 Å². The van der Waals surface area contributed by atoms with Crippen LogP contribution in [-0.4, -0.2) is 16.9 Å². The predicted molar refractivity (Wildman–Crippen MR) is 68.8 cm³/mol. The van der Waals surface area contributed by atoms with Crippen LogP contribution >= 0.6 is 0 Å². The molecule has 0 aliphatic rings. The number of rotatable bonds is 6. The average molecular weight is 242 g/mol. The second kappa shape index (κ2) is 5.19.